The zero-order chi connectivity index (χ0) is 17.5. The van der Waals surface area contributed by atoms with Gasteiger partial charge in [0.2, 0.25) is 12.7 Å². The third kappa shape index (κ3) is 4.90. The average Bonchev–Trinajstić information content (AvgIpc) is 3.12. The van der Waals surface area contributed by atoms with Crippen molar-refractivity contribution in [2.75, 3.05) is 12.5 Å². The number of fused-ring (bicyclic) bond motifs is 1. The summed E-state index contributed by atoms with van der Waals surface area (Å²) in [5.74, 6) is 1.50. The van der Waals surface area contributed by atoms with Crippen molar-refractivity contribution in [2.45, 2.75) is 24.2 Å². The minimum absolute atomic E-state index is 0.246. The molecule has 0 saturated heterocycles. The molecular weight excluding hydrogens is 338 g/mol. The predicted octanol–water partition coefficient (Wildman–Crippen LogP) is 3.65. The van der Waals surface area contributed by atoms with E-state index in [1.54, 1.807) is 17.2 Å². The molecule has 1 heterocycles. The monoisotopic (exact) mass is 359 g/mol. The van der Waals surface area contributed by atoms with E-state index in [4.69, 9.17) is 14.7 Å². The zero-order valence-corrected chi connectivity index (χ0v) is 14.6. The molecular formula is C19H21NO4S. The summed E-state index contributed by atoms with van der Waals surface area (Å²) >= 11 is 1.58. The number of hydroxylamine groups is 1. The summed E-state index contributed by atoms with van der Waals surface area (Å²) in [5.41, 5.74) is 3.05. The predicted molar refractivity (Wildman–Crippen MR) is 96.1 cm³/mol. The number of amides is 1. The van der Waals surface area contributed by atoms with Gasteiger partial charge in [-0.25, -0.2) is 5.48 Å². The first-order chi connectivity index (χ1) is 12.3. The zero-order valence-electron chi connectivity index (χ0n) is 13.8. The first-order valence-corrected chi connectivity index (χ1v) is 9.25. The Morgan fingerprint density at radius 2 is 1.96 bits per heavy atom. The molecule has 0 fully saturated rings. The van der Waals surface area contributed by atoms with Gasteiger partial charge in [-0.2, -0.15) is 0 Å². The maximum absolute atomic E-state index is 11.9. The number of rotatable bonds is 8. The van der Waals surface area contributed by atoms with E-state index in [9.17, 15) is 4.79 Å². The molecule has 0 spiro atoms. The third-order valence-corrected chi connectivity index (χ3v) is 5.29. The molecule has 2 aromatic carbocycles. The molecule has 5 nitrogen and oxygen atoms in total. The lowest BCUT2D eigenvalue weighted by Gasteiger charge is -2.14. The lowest BCUT2D eigenvalue weighted by atomic mass is 10.0. The number of aryl methyl sites for hydroxylation is 1. The minimum Gasteiger partial charge on any atom is -0.454 e. The standard InChI is InChI=1S/C19H21NO4S/c21-19(20-22)15(8-4-7-14-5-2-1-3-6-14)12-25-16-9-10-17-18(11-16)24-13-23-17/h1-3,5-6,9-11,15,22H,4,7-8,12-13H2,(H,20,21). The van der Waals surface area contributed by atoms with Gasteiger partial charge >= 0.3 is 0 Å². The Balaban J connectivity index is 1.52. The first-order valence-electron chi connectivity index (χ1n) is 8.26. The van der Waals surface area contributed by atoms with E-state index in [1.165, 1.54) is 5.56 Å². The van der Waals surface area contributed by atoms with Crippen molar-refractivity contribution < 1.29 is 19.5 Å². The van der Waals surface area contributed by atoms with Gasteiger partial charge in [0.1, 0.15) is 0 Å². The number of benzene rings is 2. The lowest BCUT2D eigenvalue weighted by Crippen LogP contribution is -2.29. The second kappa shape index (κ2) is 8.78. The minimum atomic E-state index is -0.332. The fourth-order valence-electron chi connectivity index (χ4n) is 2.74. The maximum Gasteiger partial charge on any atom is 0.247 e. The smallest absolute Gasteiger partial charge is 0.247 e. The highest BCUT2D eigenvalue weighted by Gasteiger charge is 2.19. The second-order valence-electron chi connectivity index (χ2n) is 5.88. The molecule has 25 heavy (non-hydrogen) atoms. The van der Waals surface area contributed by atoms with Gasteiger partial charge in [0.25, 0.3) is 0 Å². The molecule has 1 aliphatic heterocycles. The number of ether oxygens (including phenoxy) is 2. The maximum atomic E-state index is 11.9. The van der Waals surface area contributed by atoms with Gasteiger partial charge in [-0.15, -0.1) is 11.8 Å². The van der Waals surface area contributed by atoms with Gasteiger partial charge < -0.3 is 9.47 Å². The van der Waals surface area contributed by atoms with Crippen molar-refractivity contribution in [3.63, 3.8) is 0 Å². The van der Waals surface area contributed by atoms with E-state index in [1.807, 2.05) is 36.4 Å². The highest BCUT2D eigenvalue weighted by Crippen LogP contribution is 2.36. The molecule has 1 aliphatic rings. The summed E-state index contributed by atoms with van der Waals surface area (Å²) in [7, 11) is 0. The van der Waals surface area contributed by atoms with Gasteiger partial charge in [0.15, 0.2) is 11.5 Å². The van der Waals surface area contributed by atoms with Crippen LogP contribution in [0.2, 0.25) is 0 Å². The van der Waals surface area contributed by atoms with E-state index >= 15 is 0 Å². The van der Waals surface area contributed by atoms with Crippen molar-refractivity contribution >= 4 is 17.7 Å². The number of carbonyl (C=O) groups excluding carboxylic acids is 1. The van der Waals surface area contributed by atoms with Gasteiger partial charge in [-0.3, -0.25) is 10.0 Å². The largest absolute Gasteiger partial charge is 0.454 e. The van der Waals surface area contributed by atoms with Crippen LogP contribution in [0, 0.1) is 5.92 Å². The fourth-order valence-corrected chi connectivity index (χ4v) is 3.81. The SMILES string of the molecule is O=C(NO)C(CCCc1ccccc1)CSc1ccc2c(c1)OCO2. The highest BCUT2D eigenvalue weighted by atomic mass is 32.2. The van der Waals surface area contributed by atoms with E-state index in [0.29, 0.717) is 5.75 Å². The summed E-state index contributed by atoms with van der Waals surface area (Å²) < 4.78 is 10.7. The molecule has 132 valence electrons. The average molecular weight is 359 g/mol. The van der Waals surface area contributed by atoms with Gasteiger partial charge in [0, 0.05) is 16.6 Å². The number of thioether (sulfide) groups is 1. The molecule has 3 rings (SSSR count). The van der Waals surface area contributed by atoms with Crippen molar-refractivity contribution in [3.8, 4) is 11.5 Å². The van der Waals surface area contributed by atoms with Crippen LogP contribution in [0.5, 0.6) is 11.5 Å². The van der Waals surface area contributed by atoms with Crippen LogP contribution in [0.3, 0.4) is 0 Å². The molecule has 0 aliphatic carbocycles. The van der Waals surface area contributed by atoms with Crippen molar-refractivity contribution in [3.05, 3.63) is 54.1 Å². The Labute approximate surface area is 151 Å². The lowest BCUT2D eigenvalue weighted by molar-refractivity contribution is -0.132. The summed E-state index contributed by atoms with van der Waals surface area (Å²) in [6.07, 6.45) is 2.54. The van der Waals surface area contributed by atoms with Crippen LogP contribution in [0.15, 0.2) is 53.4 Å². The Kier molecular flexibility index (Phi) is 6.19. The Morgan fingerprint density at radius 3 is 2.76 bits per heavy atom. The fraction of sp³-hybridized carbons (Fsp3) is 0.316. The molecule has 1 unspecified atom stereocenters. The van der Waals surface area contributed by atoms with Crippen molar-refractivity contribution in [1.29, 1.82) is 0 Å². The van der Waals surface area contributed by atoms with E-state index in [2.05, 4.69) is 12.1 Å². The van der Waals surface area contributed by atoms with Gasteiger partial charge in [-0.05, 0) is 43.0 Å². The number of nitrogens with one attached hydrogen (secondary N) is 1. The number of hydrogen-bond donors (Lipinski definition) is 2. The molecule has 1 atom stereocenters. The summed E-state index contributed by atoms with van der Waals surface area (Å²) in [5, 5.41) is 9.00. The van der Waals surface area contributed by atoms with Crippen LogP contribution < -0.4 is 15.0 Å². The Morgan fingerprint density at radius 1 is 1.16 bits per heavy atom. The van der Waals surface area contributed by atoms with Crippen LogP contribution in [0.4, 0.5) is 0 Å². The normalized spacial score (nSPS) is 13.5. The number of hydrogen-bond acceptors (Lipinski definition) is 5. The van der Waals surface area contributed by atoms with Crippen LogP contribution in [-0.4, -0.2) is 23.7 Å². The van der Waals surface area contributed by atoms with Gasteiger partial charge in [-0.1, -0.05) is 30.3 Å². The van der Waals surface area contributed by atoms with Crippen LogP contribution >= 0.6 is 11.8 Å². The molecule has 0 aromatic heterocycles. The molecule has 1 amide bonds. The quantitative estimate of drug-likeness (QED) is 0.428. The van der Waals surface area contributed by atoms with E-state index in [-0.39, 0.29) is 18.6 Å². The van der Waals surface area contributed by atoms with Crippen LogP contribution in [-0.2, 0) is 11.2 Å². The summed E-state index contributed by atoms with van der Waals surface area (Å²) in [6.45, 7) is 0.248. The van der Waals surface area contributed by atoms with Crippen LogP contribution in [0.1, 0.15) is 18.4 Å². The van der Waals surface area contributed by atoms with Crippen LogP contribution in [0.25, 0.3) is 0 Å². The molecule has 0 bridgehead atoms. The summed E-state index contributed by atoms with van der Waals surface area (Å²) in [6, 6.07) is 16.0. The summed E-state index contributed by atoms with van der Waals surface area (Å²) in [4.78, 5) is 13.0. The molecule has 2 aromatic rings. The van der Waals surface area contributed by atoms with Gasteiger partial charge in [0.05, 0.1) is 0 Å². The van der Waals surface area contributed by atoms with E-state index in [0.717, 1.165) is 35.7 Å². The topological polar surface area (TPSA) is 67.8 Å². The molecule has 0 radical (unpaired) electrons. The molecule has 0 saturated carbocycles. The Hall–Kier alpha value is -2.18. The van der Waals surface area contributed by atoms with Crippen molar-refractivity contribution in [2.24, 2.45) is 5.92 Å². The molecule has 2 N–H and O–H groups in total. The van der Waals surface area contributed by atoms with E-state index < -0.39 is 0 Å². The molecule has 6 heteroatoms. The highest BCUT2D eigenvalue weighted by molar-refractivity contribution is 7.99. The number of carbonyl (C=O) groups is 1. The third-order valence-electron chi connectivity index (χ3n) is 4.14. The van der Waals surface area contributed by atoms with Crippen molar-refractivity contribution in [1.82, 2.24) is 5.48 Å². The Bertz CT molecular complexity index is 708. The second-order valence-corrected chi connectivity index (χ2v) is 6.97. The first kappa shape index (κ1) is 17.6.